The summed E-state index contributed by atoms with van der Waals surface area (Å²) in [4.78, 5) is 12.9. The van der Waals surface area contributed by atoms with Gasteiger partial charge in [0.1, 0.15) is 11.5 Å². The summed E-state index contributed by atoms with van der Waals surface area (Å²) in [5.74, 6) is 2.55. The van der Waals surface area contributed by atoms with Gasteiger partial charge >= 0.3 is 0 Å². The second-order valence-electron chi connectivity index (χ2n) is 6.80. The number of amides is 1. The molecule has 0 bridgehead atoms. The third-order valence-electron chi connectivity index (χ3n) is 4.40. The van der Waals surface area contributed by atoms with E-state index in [2.05, 4.69) is 31.3 Å². The van der Waals surface area contributed by atoms with E-state index in [1.165, 1.54) is 5.56 Å². The highest BCUT2D eigenvalue weighted by Gasteiger charge is 2.25. The summed E-state index contributed by atoms with van der Waals surface area (Å²) < 4.78 is 10.7. The molecule has 1 amide bonds. The number of carbonyl (C=O) groups is 1. The van der Waals surface area contributed by atoms with Crippen LogP contribution in [0.15, 0.2) is 48.5 Å². The molecule has 0 saturated carbocycles. The van der Waals surface area contributed by atoms with E-state index < -0.39 is 0 Å². The van der Waals surface area contributed by atoms with Gasteiger partial charge in [0.05, 0.1) is 25.5 Å². The predicted molar refractivity (Wildman–Crippen MR) is 112 cm³/mol. The van der Waals surface area contributed by atoms with Crippen molar-refractivity contribution in [3.63, 3.8) is 0 Å². The fraction of sp³-hybridized carbons (Fsp3) is 0.409. The lowest BCUT2D eigenvalue weighted by Crippen LogP contribution is -2.37. The van der Waals surface area contributed by atoms with Gasteiger partial charge in [-0.3, -0.25) is 4.79 Å². The number of carbonyl (C=O) groups excluding carboxylic acids is 1. The SMILES string of the molecule is COc1ccc([C@H](C)NC(=O)[C@H](SCc2ccccc2)C(C)C)c(OC)c1. The minimum Gasteiger partial charge on any atom is -0.497 e. The molecule has 0 saturated heterocycles. The van der Waals surface area contributed by atoms with Gasteiger partial charge in [-0.05, 0) is 30.5 Å². The molecule has 0 unspecified atom stereocenters. The highest BCUT2D eigenvalue weighted by Crippen LogP contribution is 2.30. The van der Waals surface area contributed by atoms with Crippen LogP contribution in [0.3, 0.4) is 0 Å². The zero-order valence-electron chi connectivity index (χ0n) is 16.7. The van der Waals surface area contributed by atoms with Crippen molar-refractivity contribution in [3.05, 3.63) is 59.7 Å². The molecule has 0 radical (unpaired) electrons. The summed E-state index contributed by atoms with van der Waals surface area (Å²) in [5, 5.41) is 3.03. The molecule has 0 aromatic heterocycles. The molecule has 2 rings (SSSR count). The Kier molecular flexibility index (Phi) is 8.04. The van der Waals surface area contributed by atoms with E-state index in [1.54, 1.807) is 26.0 Å². The van der Waals surface area contributed by atoms with E-state index in [0.717, 1.165) is 17.1 Å². The molecule has 0 aliphatic carbocycles. The van der Waals surface area contributed by atoms with Crippen LogP contribution in [0.2, 0.25) is 0 Å². The van der Waals surface area contributed by atoms with Crippen LogP contribution in [0.25, 0.3) is 0 Å². The van der Waals surface area contributed by atoms with Crippen molar-refractivity contribution in [3.8, 4) is 11.5 Å². The summed E-state index contributed by atoms with van der Waals surface area (Å²) >= 11 is 1.68. The molecule has 2 aromatic rings. The molecule has 0 aliphatic rings. The van der Waals surface area contributed by atoms with E-state index in [1.807, 2.05) is 43.3 Å². The molecule has 1 N–H and O–H groups in total. The first-order valence-electron chi connectivity index (χ1n) is 9.14. The summed E-state index contributed by atoms with van der Waals surface area (Å²) in [5.41, 5.74) is 2.16. The van der Waals surface area contributed by atoms with Gasteiger partial charge in [-0.25, -0.2) is 0 Å². The fourth-order valence-corrected chi connectivity index (χ4v) is 4.05. The van der Waals surface area contributed by atoms with Crippen molar-refractivity contribution in [2.75, 3.05) is 14.2 Å². The number of thioether (sulfide) groups is 1. The third-order valence-corrected chi connectivity index (χ3v) is 6.02. The summed E-state index contributed by atoms with van der Waals surface area (Å²) in [6, 6.07) is 15.7. The molecule has 27 heavy (non-hydrogen) atoms. The molecule has 0 fully saturated rings. The number of methoxy groups -OCH3 is 2. The second-order valence-corrected chi connectivity index (χ2v) is 7.93. The van der Waals surface area contributed by atoms with E-state index in [4.69, 9.17) is 9.47 Å². The third kappa shape index (κ3) is 5.93. The van der Waals surface area contributed by atoms with Crippen LogP contribution in [-0.2, 0) is 10.5 Å². The highest BCUT2D eigenvalue weighted by atomic mass is 32.2. The molecule has 2 atom stereocenters. The monoisotopic (exact) mass is 387 g/mol. The lowest BCUT2D eigenvalue weighted by molar-refractivity contribution is -0.121. The lowest BCUT2D eigenvalue weighted by Gasteiger charge is -2.24. The number of rotatable bonds is 9. The van der Waals surface area contributed by atoms with Gasteiger partial charge in [0.2, 0.25) is 5.91 Å². The van der Waals surface area contributed by atoms with Crippen LogP contribution in [0.1, 0.15) is 37.9 Å². The molecular formula is C22H29NO3S. The number of ether oxygens (including phenoxy) is 2. The maximum atomic E-state index is 12.9. The zero-order valence-corrected chi connectivity index (χ0v) is 17.5. The maximum absolute atomic E-state index is 12.9. The van der Waals surface area contributed by atoms with Crippen LogP contribution in [0, 0.1) is 5.92 Å². The summed E-state index contributed by atoms with van der Waals surface area (Å²) in [6.07, 6.45) is 0. The molecule has 0 heterocycles. The van der Waals surface area contributed by atoms with Gasteiger partial charge in [-0.2, -0.15) is 0 Å². The van der Waals surface area contributed by atoms with E-state index in [9.17, 15) is 4.79 Å². The quantitative estimate of drug-likeness (QED) is 0.669. The number of hydrogen-bond donors (Lipinski definition) is 1. The Morgan fingerprint density at radius 2 is 1.74 bits per heavy atom. The van der Waals surface area contributed by atoms with E-state index >= 15 is 0 Å². The van der Waals surface area contributed by atoms with Gasteiger partial charge < -0.3 is 14.8 Å². The Labute approximate surface area is 166 Å². The van der Waals surface area contributed by atoms with E-state index in [-0.39, 0.29) is 23.1 Å². The molecule has 0 aliphatic heterocycles. The first-order valence-corrected chi connectivity index (χ1v) is 10.2. The molecule has 0 spiro atoms. The van der Waals surface area contributed by atoms with Gasteiger partial charge in [0.15, 0.2) is 0 Å². The number of nitrogens with one attached hydrogen (secondary N) is 1. The first-order chi connectivity index (χ1) is 13.0. The van der Waals surface area contributed by atoms with Gasteiger partial charge in [-0.1, -0.05) is 44.2 Å². The van der Waals surface area contributed by atoms with Gasteiger partial charge in [-0.15, -0.1) is 11.8 Å². The smallest absolute Gasteiger partial charge is 0.233 e. The predicted octanol–water partition coefficient (Wildman–Crippen LogP) is 4.84. The van der Waals surface area contributed by atoms with Crippen LogP contribution in [0.4, 0.5) is 0 Å². The van der Waals surface area contributed by atoms with Gasteiger partial charge in [0, 0.05) is 17.4 Å². The Morgan fingerprint density at radius 1 is 1.04 bits per heavy atom. The fourth-order valence-electron chi connectivity index (χ4n) is 2.88. The molecule has 146 valence electrons. The highest BCUT2D eigenvalue weighted by molar-refractivity contribution is 7.99. The Hall–Kier alpha value is -2.14. The normalized spacial score (nSPS) is 13.1. The van der Waals surface area contributed by atoms with Crippen molar-refractivity contribution in [1.82, 2.24) is 5.32 Å². The van der Waals surface area contributed by atoms with Crippen molar-refractivity contribution in [1.29, 1.82) is 0 Å². The number of benzene rings is 2. The summed E-state index contributed by atoms with van der Waals surface area (Å²) in [7, 11) is 3.25. The largest absolute Gasteiger partial charge is 0.497 e. The van der Waals surface area contributed by atoms with Crippen LogP contribution in [-0.4, -0.2) is 25.4 Å². The average molecular weight is 388 g/mol. The first kappa shape index (κ1) is 21.2. The Morgan fingerprint density at radius 3 is 2.33 bits per heavy atom. The van der Waals surface area contributed by atoms with Crippen LogP contribution >= 0.6 is 11.8 Å². The zero-order chi connectivity index (χ0) is 19.8. The molecule has 4 nitrogen and oxygen atoms in total. The van der Waals surface area contributed by atoms with E-state index in [0.29, 0.717) is 5.75 Å². The van der Waals surface area contributed by atoms with Crippen molar-refractivity contribution in [2.24, 2.45) is 5.92 Å². The maximum Gasteiger partial charge on any atom is 0.233 e. The average Bonchev–Trinajstić information content (AvgIpc) is 2.68. The van der Waals surface area contributed by atoms with Crippen molar-refractivity contribution >= 4 is 17.7 Å². The Bertz CT molecular complexity index is 734. The minimum absolute atomic E-state index is 0.0521. The standard InChI is InChI=1S/C22H29NO3S/c1-15(2)21(27-14-17-9-7-6-8-10-17)22(24)23-16(3)19-12-11-18(25-4)13-20(19)26-5/h6-13,15-16,21H,14H2,1-5H3,(H,23,24)/t16-,21+/m0/s1. The topological polar surface area (TPSA) is 47.6 Å². The molecular weight excluding hydrogens is 358 g/mol. The molecule has 2 aromatic carbocycles. The Balaban J connectivity index is 2.06. The van der Waals surface area contributed by atoms with Crippen LogP contribution < -0.4 is 14.8 Å². The minimum atomic E-state index is -0.156. The van der Waals surface area contributed by atoms with Gasteiger partial charge in [0.25, 0.3) is 0 Å². The second kappa shape index (κ2) is 10.3. The molecule has 5 heteroatoms. The van der Waals surface area contributed by atoms with Crippen LogP contribution in [0.5, 0.6) is 11.5 Å². The number of hydrogen-bond acceptors (Lipinski definition) is 4. The lowest BCUT2D eigenvalue weighted by atomic mass is 10.1. The van der Waals surface area contributed by atoms with Crippen molar-refractivity contribution < 1.29 is 14.3 Å². The summed E-state index contributed by atoms with van der Waals surface area (Å²) in [6.45, 7) is 6.14. The van der Waals surface area contributed by atoms with Crippen molar-refractivity contribution in [2.45, 2.75) is 37.8 Å².